The van der Waals surface area contributed by atoms with Gasteiger partial charge in [-0.05, 0) is 25.2 Å². The van der Waals surface area contributed by atoms with E-state index >= 15 is 0 Å². The van der Waals surface area contributed by atoms with Crippen LogP contribution in [0.5, 0.6) is 0 Å². The normalized spacial score (nSPS) is 21.5. The van der Waals surface area contributed by atoms with Crippen LogP contribution in [0.4, 0.5) is 10.1 Å². The van der Waals surface area contributed by atoms with E-state index in [9.17, 15) is 9.18 Å². The van der Waals surface area contributed by atoms with E-state index < -0.39 is 12.0 Å². The summed E-state index contributed by atoms with van der Waals surface area (Å²) in [5.74, 6) is -1.14. The monoisotopic (exact) mass is 238 g/mol. The van der Waals surface area contributed by atoms with E-state index in [2.05, 4.69) is 0 Å². The molecule has 1 aromatic rings. The molecular weight excluding hydrogens is 223 g/mol. The number of benzene rings is 1. The van der Waals surface area contributed by atoms with Crippen molar-refractivity contribution in [3.8, 4) is 0 Å². The van der Waals surface area contributed by atoms with Crippen molar-refractivity contribution in [1.82, 2.24) is 4.90 Å². The highest BCUT2D eigenvalue weighted by atomic mass is 19.1. The molecule has 1 saturated heterocycles. The minimum Gasteiger partial charge on any atom is -0.480 e. The van der Waals surface area contributed by atoms with Crippen molar-refractivity contribution in [1.29, 1.82) is 0 Å². The Kier molecular flexibility index (Phi) is 3.28. The van der Waals surface area contributed by atoms with E-state index in [1.165, 1.54) is 12.1 Å². The van der Waals surface area contributed by atoms with Gasteiger partial charge in [-0.25, -0.2) is 4.39 Å². The third kappa shape index (κ3) is 2.55. The summed E-state index contributed by atoms with van der Waals surface area (Å²) >= 11 is 0. The lowest BCUT2D eigenvalue weighted by Gasteiger charge is -2.38. The van der Waals surface area contributed by atoms with Gasteiger partial charge in [0.15, 0.2) is 0 Å². The zero-order valence-electron chi connectivity index (χ0n) is 9.64. The minimum atomic E-state index is -0.839. The number of halogens is 1. The molecule has 0 aliphatic carbocycles. The Hall–Kier alpha value is -1.62. The van der Waals surface area contributed by atoms with Crippen molar-refractivity contribution >= 4 is 11.7 Å². The summed E-state index contributed by atoms with van der Waals surface area (Å²) in [6, 6.07) is 5.72. The van der Waals surface area contributed by atoms with E-state index in [-0.39, 0.29) is 5.82 Å². The Morgan fingerprint density at radius 2 is 2.24 bits per heavy atom. The van der Waals surface area contributed by atoms with E-state index in [0.717, 1.165) is 5.69 Å². The second kappa shape index (κ2) is 4.71. The second-order valence-electron chi connectivity index (χ2n) is 4.26. The number of carboxylic acid groups (broad SMARTS) is 1. The van der Waals surface area contributed by atoms with Crippen LogP contribution in [0.15, 0.2) is 24.3 Å². The van der Waals surface area contributed by atoms with Gasteiger partial charge in [-0.2, -0.15) is 0 Å². The van der Waals surface area contributed by atoms with Gasteiger partial charge >= 0.3 is 5.97 Å². The summed E-state index contributed by atoms with van der Waals surface area (Å²) < 4.78 is 13.1. The zero-order chi connectivity index (χ0) is 12.4. The summed E-state index contributed by atoms with van der Waals surface area (Å²) in [6.07, 6.45) is 0. The van der Waals surface area contributed by atoms with E-state index in [0.29, 0.717) is 19.6 Å². The summed E-state index contributed by atoms with van der Waals surface area (Å²) in [5, 5.41) is 9.09. The van der Waals surface area contributed by atoms with Crippen LogP contribution in [0, 0.1) is 5.82 Å². The van der Waals surface area contributed by atoms with Crippen LogP contribution in [-0.2, 0) is 4.79 Å². The number of rotatable bonds is 2. The molecule has 0 aromatic heterocycles. The highest BCUT2D eigenvalue weighted by molar-refractivity contribution is 5.75. The van der Waals surface area contributed by atoms with Crippen molar-refractivity contribution in [3.63, 3.8) is 0 Å². The molecule has 1 aliphatic heterocycles. The Balaban J connectivity index is 2.16. The van der Waals surface area contributed by atoms with Gasteiger partial charge in [-0.15, -0.1) is 0 Å². The zero-order valence-corrected chi connectivity index (χ0v) is 9.64. The maximum absolute atomic E-state index is 13.1. The lowest BCUT2D eigenvalue weighted by molar-refractivity contribution is -0.142. The largest absolute Gasteiger partial charge is 0.480 e. The number of hydrogen-bond acceptors (Lipinski definition) is 3. The van der Waals surface area contributed by atoms with Gasteiger partial charge in [0.05, 0.1) is 0 Å². The molecule has 0 amide bonds. The van der Waals surface area contributed by atoms with Crippen molar-refractivity contribution < 1.29 is 14.3 Å². The average molecular weight is 238 g/mol. The van der Waals surface area contributed by atoms with Crippen molar-refractivity contribution in [2.75, 3.05) is 31.6 Å². The van der Waals surface area contributed by atoms with Gasteiger partial charge in [0, 0.05) is 25.3 Å². The van der Waals surface area contributed by atoms with Crippen LogP contribution in [-0.4, -0.2) is 48.7 Å². The van der Waals surface area contributed by atoms with E-state index in [1.807, 2.05) is 4.90 Å². The van der Waals surface area contributed by atoms with E-state index in [4.69, 9.17) is 5.11 Å². The fourth-order valence-electron chi connectivity index (χ4n) is 2.05. The van der Waals surface area contributed by atoms with Gasteiger partial charge in [0.1, 0.15) is 11.9 Å². The molecule has 1 aromatic carbocycles. The SMILES string of the molecule is CN1CCN(c2cccc(F)c2)CC1C(=O)O. The molecule has 1 fully saturated rings. The number of carbonyl (C=O) groups is 1. The number of nitrogens with zero attached hydrogens (tertiary/aromatic N) is 2. The molecule has 17 heavy (non-hydrogen) atoms. The Morgan fingerprint density at radius 1 is 1.47 bits per heavy atom. The summed E-state index contributed by atoms with van der Waals surface area (Å²) in [7, 11) is 1.79. The minimum absolute atomic E-state index is 0.298. The molecule has 1 N–H and O–H groups in total. The quantitative estimate of drug-likeness (QED) is 0.835. The second-order valence-corrected chi connectivity index (χ2v) is 4.26. The smallest absolute Gasteiger partial charge is 0.322 e. The van der Waals surface area contributed by atoms with Gasteiger partial charge in [-0.1, -0.05) is 6.07 Å². The molecule has 5 heteroatoms. The molecule has 1 atom stereocenters. The molecule has 92 valence electrons. The van der Waals surface area contributed by atoms with Crippen LogP contribution < -0.4 is 4.90 Å². The molecule has 0 bridgehead atoms. The molecular formula is C12H15FN2O2. The number of carboxylic acids is 1. The lowest BCUT2D eigenvalue weighted by atomic mass is 10.1. The van der Waals surface area contributed by atoms with Gasteiger partial charge in [-0.3, -0.25) is 9.69 Å². The molecule has 2 rings (SSSR count). The topological polar surface area (TPSA) is 43.8 Å². The van der Waals surface area contributed by atoms with Crippen LogP contribution in [0.25, 0.3) is 0 Å². The first-order valence-corrected chi connectivity index (χ1v) is 5.51. The molecule has 0 saturated carbocycles. The van der Waals surface area contributed by atoms with Crippen molar-refractivity contribution in [2.24, 2.45) is 0 Å². The maximum Gasteiger partial charge on any atom is 0.322 e. The summed E-state index contributed by atoms with van der Waals surface area (Å²) in [6.45, 7) is 1.76. The maximum atomic E-state index is 13.1. The third-order valence-corrected chi connectivity index (χ3v) is 3.11. The van der Waals surface area contributed by atoms with Crippen LogP contribution >= 0.6 is 0 Å². The van der Waals surface area contributed by atoms with Gasteiger partial charge in [0.25, 0.3) is 0 Å². The standard InChI is InChI=1S/C12H15FN2O2/c1-14-5-6-15(8-11(14)12(16)17)10-4-2-3-9(13)7-10/h2-4,7,11H,5-6,8H2,1H3,(H,16,17). The first-order chi connectivity index (χ1) is 8.08. The third-order valence-electron chi connectivity index (χ3n) is 3.11. The lowest BCUT2D eigenvalue weighted by Crippen LogP contribution is -2.54. The van der Waals surface area contributed by atoms with Crippen LogP contribution in [0.1, 0.15) is 0 Å². The van der Waals surface area contributed by atoms with Crippen molar-refractivity contribution in [2.45, 2.75) is 6.04 Å². The van der Waals surface area contributed by atoms with Gasteiger partial charge in [0.2, 0.25) is 0 Å². The number of anilines is 1. The van der Waals surface area contributed by atoms with Crippen LogP contribution in [0.2, 0.25) is 0 Å². The summed E-state index contributed by atoms with van der Waals surface area (Å²) in [4.78, 5) is 14.8. The fourth-order valence-corrected chi connectivity index (χ4v) is 2.05. The molecule has 1 aliphatic rings. The first kappa shape index (κ1) is 11.9. The van der Waals surface area contributed by atoms with Crippen molar-refractivity contribution in [3.05, 3.63) is 30.1 Å². The predicted molar refractivity (Wildman–Crippen MR) is 62.7 cm³/mol. The van der Waals surface area contributed by atoms with Crippen LogP contribution in [0.3, 0.4) is 0 Å². The Labute approximate surface area is 99.3 Å². The van der Waals surface area contributed by atoms with E-state index in [1.54, 1.807) is 24.1 Å². The average Bonchev–Trinajstić information content (AvgIpc) is 2.29. The number of hydrogen-bond donors (Lipinski definition) is 1. The summed E-state index contributed by atoms with van der Waals surface area (Å²) in [5.41, 5.74) is 0.740. The Morgan fingerprint density at radius 3 is 2.88 bits per heavy atom. The molecule has 0 radical (unpaired) electrons. The predicted octanol–water partition coefficient (Wildman–Crippen LogP) is 1.03. The molecule has 1 heterocycles. The molecule has 1 unspecified atom stereocenters. The highest BCUT2D eigenvalue weighted by Crippen LogP contribution is 2.19. The number of aliphatic carboxylic acids is 1. The number of likely N-dealkylation sites (N-methyl/N-ethyl adjacent to an activating group) is 1. The highest BCUT2D eigenvalue weighted by Gasteiger charge is 2.29. The first-order valence-electron chi connectivity index (χ1n) is 5.51. The molecule has 4 nitrogen and oxygen atoms in total. The van der Waals surface area contributed by atoms with Gasteiger partial charge < -0.3 is 10.0 Å². The number of piperazine rings is 1. The fraction of sp³-hybridized carbons (Fsp3) is 0.417. The Bertz CT molecular complexity index is 425. The molecule has 0 spiro atoms.